The molecule has 1 amide bonds. The van der Waals surface area contributed by atoms with Gasteiger partial charge in [-0.3, -0.25) is 14.6 Å². The number of carbonyl (C=O) groups excluding carboxylic acids is 1. The molecule has 2 fully saturated rings. The Morgan fingerprint density at radius 1 is 1.17 bits per heavy atom. The average Bonchev–Trinajstić information content (AvgIpc) is 2.55. The largest absolute Gasteiger partial charge is 0.392 e. The van der Waals surface area contributed by atoms with Crippen molar-refractivity contribution in [3.8, 4) is 0 Å². The van der Waals surface area contributed by atoms with Crippen molar-refractivity contribution in [3.63, 3.8) is 0 Å². The zero-order valence-corrected chi connectivity index (χ0v) is 14.0. The number of rotatable bonds is 4. The fourth-order valence-corrected chi connectivity index (χ4v) is 3.51. The number of hydrogen-bond donors (Lipinski definition) is 1. The molecule has 0 radical (unpaired) electrons. The van der Waals surface area contributed by atoms with Crippen molar-refractivity contribution in [1.29, 1.82) is 0 Å². The van der Waals surface area contributed by atoms with Gasteiger partial charge in [-0.2, -0.15) is 0 Å². The molecule has 6 heteroatoms. The van der Waals surface area contributed by atoms with Gasteiger partial charge in [-0.1, -0.05) is 12.1 Å². The Morgan fingerprint density at radius 2 is 1.96 bits per heavy atom. The third kappa shape index (κ3) is 4.75. The van der Waals surface area contributed by atoms with E-state index in [1.54, 1.807) is 12.1 Å². The van der Waals surface area contributed by atoms with Crippen molar-refractivity contribution in [1.82, 2.24) is 14.7 Å². The minimum Gasteiger partial charge on any atom is -0.392 e. The van der Waals surface area contributed by atoms with Crippen molar-refractivity contribution in [2.45, 2.75) is 25.5 Å². The van der Waals surface area contributed by atoms with Crippen LogP contribution in [0.2, 0.25) is 0 Å². The van der Waals surface area contributed by atoms with Crippen molar-refractivity contribution >= 4 is 5.91 Å². The van der Waals surface area contributed by atoms with Gasteiger partial charge in [0.15, 0.2) is 0 Å². The number of aliphatic hydroxyl groups excluding tert-OH is 1. The third-order valence-corrected chi connectivity index (χ3v) is 4.86. The maximum absolute atomic E-state index is 13.2. The van der Waals surface area contributed by atoms with Crippen LogP contribution in [0.4, 0.5) is 4.39 Å². The number of aliphatic hydroxyl groups is 1. The van der Waals surface area contributed by atoms with Crippen molar-refractivity contribution in [3.05, 3.63) is 35.6 Å². The second kappa shape index (κ2) is 8.05. The molecule has 3 rings (SSSR count). The standard InChI is InChI=1S/C18H26FN3O2/c19-16-4-1-3-15(11-16)12-20-7-9-22(10-8-20)18(24)14-21-6-2-5-17(23)13-21/h1,3-4,11,17,23H,2,5-10,12-14H2/t17-/m0/s1. The first-order valence-corrected chi connectivity index (χ1v) is 8.75. The van der Waals surface area contributed by atoms with Gasteiger partial charge in [0, 0.05) is 39.3 Å². The van der Waals surface area contributed by atoms with Gasteiger partial charge in [-0.25, -0.2) is 4.39 Å². The highest BCUT2D eigenvalue weighted by molar-refractivity contribution is 5.78. The molecule has 0 saturated carbocycles. The lowest BCUT2D eigenvalue weighted by molar-refractivity contribution is -0.134. The molecule has 24 heavy (non-hydrogen) atoms. The first-order chi connectivity index (χ1) is 11.6. The molecule has 1 aromatic rings. The molecule has 0 bridgehead atoms. The molecule has 2 heterocycles. The van der Waals surface area contributed by atoms with Crippen molar-refractivity contribution < 1.29 is 14.3 Å². The second-order valence-electron chi connectivity index (χ2n) is 6.82. The smallest absolute Gasteiger partial charge is 0.236 e. The number of nitrogens with zero attached hydrogens (tertiary/aromatic N) is 3. The van der Waals surface area contributed by atoms with E-state index in [0.29, 0.717) is 26.2 Å². The number of halogens is 1. The van der Waals surface area contributed by atoms with Crippen LogP contribution in [0.1, 0.15) is 18.4 Å². The summed E-state index contributed by atoms with van der Waals surface area (Å²) in [6.45, 7) is 5.66. The summed E-state index contributed by atoms with van der Waals surface area (Å²) < 4.78 is 13.2. The Kier molecular flexibility index (Phi) is 5.81. The normalized spacial score (nSPS) is 23.4. The number of piperidine rings is 1. The summed E-state index contributed by atoms with van der Waals surface area (Å²) in [5, 5.41) is 9.70. The summed E-state index contributed by atoms with van der Waals surface area (Å²) in [4.78, 5) is 18.6. The zero-order valence-electron chi connectivity index (χ0n) is 14.0. The second-order valence-corrected chi connectivity index (χ2v) is 6.82. The molecule has 0 spiro atoms. The number of piperazine rings is 1. The monoisotopic (exact) mass is 335 g/mol. The molecule has 0 aliphatic carbocycles. The summed E-state index contributed by atoms with van der Waals surface area (Å²) in [6.07, 6.45) is 1.49. The Hall–Kier alpha value is -1.50. The first kappa shape index (κ1) is 17.3. The fourth-order valence-electron chi connectivity index (χ4n) is 3.51. The lowest BCUT2D eigenvalue weighted by Gasteiger charge is -2.37. The number of β-amino-alcohol motifs (C(OH)–C–C–N with tert-alkyl or cyclic N) is 1. The van der Waals surface area contributed by atoms with E-state index in [1.807, 2.05) is 11.0 Å². The van der Waals surface area contributed by atoms with Crippen LogP contribution in [0, 0.1) is 5.82 Å². The van der Waals surface area contributed by atoms with Crippen molar-refractivity contribution in [2.24, 2.45) is 0 Å². The number of likely N-dealkylation sites (tertiary alicyclic amines) is 1. The van der Waals surface area contributed by atoms with Crippen LogP contribution in [0.15, 0.2) is 24.3 Å². The zero-order chi connectivity index (χ0) is 16.9. The molecule has 5 nitrogen and oxygen atoms in total. The van der Waals surface area contributed by atoms with Crippen LogP contribution in [-0.2, 0) is 11.3 Å². The van der Waals surface area contributed by atoms with Crippen LogP contribution in [0.5, 0.6) is 0 Å². The SMILES string of the molecule is O=C(CN1CCC[C@H](O)C1)N1CCN(Cc2cccc(F)c2)CC1. The first-order valence-electron chi connectivity index (χ1n) is 8.75. The summed E-state index contributed by atoms with van der Waals surface area (Å²) in [7, 11) is 0. The molecule has 2 aliphatic rings. The maximum atomic E-state index is 13.2. The topological polar surface area (TPSA) is 47.0 Å². The van der Waals surface area contributed by atoms with Gasteiger partial charge in [0.25, 0.3) is 0 Å². The van der Waals surface area contributed by atoms with Gasteiger partial charge < -0.3 is 10.0 Å². The van der Waals surface area contributed by atoms with E-state index in [1.165, 1.54) is 6.07 Å². The lowest BCUT2D eigenvalue weighted by Crippen LogP contribution is -2.52. The molecule has 2 saturated heterocycles. The molecular formula is C18H26FN3O2. The Morgan fingerprint density at radius 3 is 2.67 bits per heavy atom. The highest BCUT2D eigenvalue weighted by atomic mass is 19.1. The quantitative estimate of drug-likeness (QED) is 0.889. The van der Waals surface area contributed by atoms with Gasteiger partial charge in [-0.05, 0) is 37.1 Å². The predicted octanol–water partition coefficient (Wildman–Crippen LogP) is 0.927. The summed E-state index contributed by atoms with van der Waals surface area (Å²) >= 11 is 0. The minimum atomic E-state index is -0.297. The molecular weight excluding hydrogens is 309 g/mol. The summed E-state index contributed by atoms with van der Waals surface area (Å²) in [5.41, 5.74) is 0.970. The number of hydrogen-bond acceptors (Lipinski definition) is 4. The highest BCUT2D eigenvalue weighted by Gasteiger charge is 2.25. The average molecular weight is 335 g/mol. The van der Waals surface area contributed by atoms with Gasteiger partial charge in [0.05, 0.1) is 12.6 Å². The van der Waals surface area contributed by atoms with Crippen LogP contribution in [-0.4, -0.2) is 77.6 Å². The van der Waals surface area contributed by atoms with Crippen LogP contribution < -0.4 is 0 Å². The minimum absolute atomic E-state index is 0.148. The van der Waals surface area contributed by atoms with Gasteiger partial charge in [0.2, 0.25) is 5.91 Å². The number of carbonyl (C=O) groups is 1. The van der Waals surface area contributed by atoms with E-state index in [9.17, 15) is 14.3 Å². The van der Waals surface area contributed by atoms with E-state index >= 15 is 0 Å². The Balaban J connectivity index is 1.43. The molecule has 1 N–H and O–H groups in total. The van der Waals surface area contributed by atoms with Crippen LogP contribution in [0.3, 0.4) is 0 Å². The molecule has 0 aromatic heterocycles. The van der Waals surface area contributed by atoms with E-state index in [0.717, 1.165) is 44.6 Å². The van der Waals surface area contributed by atoms with Gasteiger partial charge in [0.1, 0.15) is 5.82 Å². The Labute approximate surface area is 142 Å². The fraction of sp³-hybridized carbons (Fsp3) is 0.611. The van der Waals surface area contributed by atoms with Gasteiger partial charge in [-0.15, -0.1) is 0 Å². The maximum Gasteiger partial charge on any atom is 0.236 e. The Bertz CT molecular complexity index is 561. The van der Waals surface area contributed by atoms with Crippen LogP contribution in [0.25, 0.3) is 0 Å². The van der Waals surface area contributed by atoms with Crippen molar-refractivity contribution in [2.75, 3.05) is 45.8 Å². The molecule has 0 unspecified atom stereocenters. The van der Waals surface area contributed by atoms with E-state index < -0.39 is 0 Å². The van der Waals surface area contributed by atoms with E-state index in [4.69, 9.17) is 0 Å². The molecule has 2 aliphatic heterocycles. The summed E-state index contributed by atoms with van der Waals surface area (Å²) in [5.74, 6) is -0.0560. The third-order valence-electron chi connectivity index (χ3n) is 4.86. The number of amides is 1. The van der Waals surface area contributed by atoms with E-state index in [-0.39, 0.29) is 17.8 Å². The molecule has 1 aromatic carbocycles. The van der Waals surface area contributed by atoms with E-state index in [2.05, 4.69) is 9.80 Å². The lowest BCUT2D eigenvalue weighted by atomic mass is 10.1. The predicted molar refractivity (Wildman–Crippen MR) is 89.9 cm³/mol. The van der Waals surface area contributed by atoms with Gasteiger partial charge >= 0.3 is 0 Å². The highest BCUT2D eigenvalue weighted by Crippen LogP contribution is 2.12. The molecule has 1 atom stereocenters. The molecule has 132 valence electrons. The summed E-state index contributed by atoms with van der Waals surface area (Å²) in [6, 6.07) is 6.69. The number of benzene rings is 1. The van der Waals surface area contributed by atoms with Crippen LogP contribution >= 0.6 is 0 Å².